The molecule has 17 heavy (non-hydrogen) atoms. The molecule has 0 amide bonds. The number of hydrogen-bond donors (Lipinski definition) is 1. The van der Waals surface area contributed by atoms with Crippen molar-refractivity contribution in [2.75, 3.05) is 24.8 Å². The molecule has 1 aromatic heterocycles. The van der Waals surface area contributed by atoms with Crippen LogP contribution in [0.15, 0.2) is 23.4 Å². The normalized spacial score (nSPS) is 13.9. The number of nitrogens with zero attached hydrogens (tertiary/aromatic N) is 2. The highest BCUT2D eigenvalue weighted by Gasteiger charge is 2.27. The van der Waals surface area contributed by atoms with Gasteiger partial charge in [0.2, 0.25) is 0 Å². The zero-order chi connectivity index (χ0) is 13.1. The Labute approximate surface area is 106 Å². The first-order valence-corrected chi connectivity index (χ1v) is 7.92. The second kappa shape index (κ2) is 5.70. The Kier molecular flexibility index (Phi) is 4.79. The quantitative estimate of drug-likeness (QED) is 0.868. The molecule has 7 heteroatoms. The van der Waals surface area contributed by atoms with Gasteiger partial charge >= 0.3 is 0 Å². The molecule has 0 aromatic carbocycles. The van der Waals surface area contributed by atoms with E-state index in [0.29, 0.717) is 0 Å². The van der Waals surface area contributed by atoms with Gasteiger partial charge in [-0.1, -0.05) is 0 Å². The Morgan fingerprint density at radius 2 is 2.24 bits per heavy atom. The van der Waals surface area contributed by atoms with Crippen molar-refractivity contribution in [3.63, 3.8) is 0 Å². The molecule has 0 saturated carbocycles. The molecular formula is C10H17N3O2S2. The van der Waals surface area contributed by atoms with Gasteiger partial charge in [0.25, 0.3) is 10.0 Å². The number of thioether (sulfide) groups is 1. The monoisotopic (exact) mass is 275 g/mol. The lowest BCUT2D eigenvalue weighted by Gasteiger charge is -2.23. The summed E-state index contributed by atoms with van der Waals surface area (Å²) in [5.41, 5.74) is 5.82. The van der Waals surface area contributed by atoms with E-state index in [1.807, 2.05) is 13.2 Å². The summed E-state index contributed by atoms with van der Waals surface area (Å²) in [4.78, 5) is 3.85. The molecule has 1 unspecified atom stereocenters. The summed E-state index contributed by atoms with van der Waals surface area (Å²) in [7, 11) is -2.06. The Balaban J connectivity index is 3.08. The number of aromatic nitrogens is 1. The summed E-state index contributed by atoms with van der Waals surface area (Å²) in [5, 5.41) is -0.0737. The third-order valence-corrected chi connectivity index (χ3v) is 5.22. The number of pyridine rings is 1. The minimum atomic E-state index is -3.61. The third kappa shape index (κ3) is 3.11. The van der Waals surface area contributed by atoms with Crippen LogP contribution in [0.2, 0.25) is 0 Å². The van der Waals surface area contributed by atoms with Gasteiger partial charge in [0.1, 0.15) is 0 Å². The fraction of sp³-hybridized carbons (Fsp3) is 0.500. The van der Waals surface area contributed by atoms with Crippen LogP contribution in [0.4, 0.5) is 5.69 Å². The molecule has 0 aliphatic heterocycles. The molecule has 0 bridgehead atoms. The highest BCUT2D eigenvalue weighted by Crippen LogP contribution is 2.20. The van der Waals surface area contributed by atoms with Crippen molar-refractivity contribution >= 4 is 27.5 Å². The molecule has 0 spiro atoms. The zero-order valence-corrected chi connectivity index (χ0v) is 11.8. The lowest BCUT2D eigenvalue weighted by molar-refractivity contribution is 0.413. The van der Waals surface area contributed by atoms with Crippen LogP contribution >= 0.6 is 11.8 Å². The van der Waals surface area contributed by atoms with E-state index in [1.54, 1.807) is 24.9 Å². The maximum Gasteiger partial charge on any atom is 0.262 e. The molecule has 96 valence electrons. The van der Waals surface area contributed by atoms with Gasteiger partial charge in [-0.2, -0.15) is 16.1 Å². The van der Waals surface area contributed by atoms with E-state index in [-0.39, 0.29) is 16.8 Å². The van der Waals surface area contributed by atoms with E-state index in [9.17, 15) is 8.42 Å². The second-order valence-corrected chi connectivity index (χ2v) is 6.55. The Morgan fingerprint density at radius 1 is 1.59 bits per heavy atom. The van der Waals surface area contributed by atoms with Crippen LogP contribution in [-0.4, -0.2) is 42.8 Å². The molecule has 0 aliphatic carbocycles. The fourth-order valence-electron chi connectivity index (χ4n) is 1.34. The Morgan fingerprint density at radius 3 is 2.76 bits per heavy atom. The van der Waals surface area contributed by atoms with Crippen molar-refractivity contribution in [2.45, 2.75) is 18.0 Å². The molecule has 0 radical (unpaired) electrons. The van der Waals surface area contributed by atoms with Crippen LogP contribution < -0.4 is 5.73 Å². The van der Waals surface area contributed by atoms with Gasteiger partial charge in [-0.3, -0.25) is 0 Å². The summed E-state index contributed by atoms with van der Waals surface area (Å²) in [6, 6.07) is 3.04. The SMILES string of the molecule is CSCC(C)N(C)S(=O)(=O)c1ncccc1N. The van der Waals surface area contributed by atoms with Crippen molar-refractivity contribution in [3.05, 3.63) is 18.3 Å². The largest absolute Gasteiger partial charge is 0.396 e. The zero-order valence-electron chi connectivity index (χ0n) is 10.1. The van der Waals surface area contributed by atoms with E-state index < -0.39 is 10.0 Å². The first-order chi connectivity index (χ1) is 7.91. The standard InChI is InChI=1S/C10H17N3O2S2/c1-8(7-16-3)13(2)17(14,15)10-9(11)5-4-6-12-10/h4-6,8H,7,11H2,1-3H3. The van der Waals surface area contributed by atoms with E-state index in [1.165, 1.54) is 16.6 Å². The summed E-state index contributed by atoms with van der Waals surface area (Å²) in [6.45, 7) is 1.85. The third-order valence-electron chi connectivity index (χ3n) is 2.45. The summed E-state index contributed by atoms with van der Waals surface area (Å²) in [6.07, 6.45) is 3.36. The van der Waals surface area contributed by atoms with E-state index >= 15 is 0 Å². The Bertz CT molecular complexity index is 476. The molecule has 5 nitrogen and oxygen atoms in total. The molecule has 2 N–H and O–H groups in total. The van der Waals surface area contributed by atoms with Gasteiger partial charge < -0.3 is 5.73 Å². The summed E-state index contributed by atoms with van der Waals surface area (Å²) in [5.74, 6) is 0.725. The van der Waals surface area contributed by atoms with Crippen molar-refractivity contribution in [3.8, 4) is 0 Å². The van der Waals surface area contributed by atoms with E-state index in [0.717, 1.165) is 5.75 Å². The van der Waals surface area contributed by atoms with Crippen LogP contribution in [0.1, 0.15) is 6.92 Å². The average Bonchev–Trinajstić information content (AvgIpc) is 2.28. The number of nitrogens with two attached hydrogens (primary N) is 1. The van der Waals surface area contributed by atoms with Crippen LogP contribution in [0.25, 0.3) is 0 Å². The molecule has 1 heterocycles. The maximum atomic E-state index is 12.2. The van der Waals surface area contributed by atoms with Crippen molar-refractivity contribution in [1.29, 1.82) is 0 Å². The molecule has 1 rings (SSSR count). The number of anilines is 1. The van der Waals surface area contributed by atoms with Gasteiger partial charge in [0.05, 0.1) is 5.69 Å². The fourth-order valence-corrected chi connectivity index (χ4v) is 3.52. The molecule has 0 fully saturated rings. The van der Waals surface area contributed by atoms with Gasteiger partial charge in [-0.05, 0) is 25.3 Å². The minimum absolute atomic E-state index is 0.0737. The van der Waals surface area contributed by atoms with Crippen molar-refractivity contribution < 1.29 is 8.42 Å². The maximum absolute atomic E-state index is 12.2. The molecule has 0 aliphatic rings. The van der Waals surface area contributed by atoms with Crippen LogP contribution in [0, 0.1) is 0 Å². The predicted octanol–water partition coefficient (Wildman–Crippen LogP) is 1.04. The topological polar surface area (TPSA) is 76.3 Å². The summed E-state index contributed by atoms with van der Waals surface area (Å²) < 4.78 is 25.8. The molecule has 1 atom stereocenters. The molecule has 1 aromatic rings. The van der Waals surface area contributed by atoms with Gasteiger partial charge in [0, 0.05) is 25.0 Å². The highest BCUT2D eigenvalue weighted by atomic mass is 32.2. The highest BCUT2D eigenvalue weighted by molar-refractivity contribution is 7.98. The second-order valence-electron chi connectivity index (χ2n) is 3.72. The van der Waals surface area contributed by atoms with Crippen molar-refractivity contribution in [1.82, 2.24) is 9.29 Å². The van der Waals surface area contributed by atoms with Crippen molar-refractivity contribution in [2.24, 2.45) is 0 Å². The lowest BCUT2D eigenvalue weighted by atomic mass is 10.4. The van der Waals surface area contributed by atoms with Crippen LogP contribution in [0.3, 0.4) is 0 Å². The number of rotatable bonds is 5. The first-order valence-electron chi connectivity index (χ1n) is 5.08. The minimum Gasteiger partial charge on any atom is -0.396 e. The number of hydrogen-bond acceptors (Lipinski definition) is 5. The van der Waals surface area contributed by atoms with Gasteiger partial charge in [-0.25, -0.2) is 13.4 Å². The lowest BCUT2D eigenvalue weighted by Crippen LogP contribution is -2.37. The molecule has 0 saturated heterocycles. The molecular weight excluding hydrogens is 258 g/mol. The summed E-state index contributed by atoms with van der Waals surface area (Å²) >= 11 is 1.60. The van der Waals surface area contributed by atoms with Crippen LogP contribution in [0.5, 0.6) is 0 Å². The van der Waals surface area contributed by atoms with Crippen LogP contribution in [-0.2, 0) is 10.0 Å². The Hall–Kier alpha value is -0.790. The number of sulfonamides is 1. The van der Waals surface area contributed by atoms with Gasteiger partial charge in [-0.15, -0.1) is 0 Å². The van der Waals surface area contributed by atoms with E-state index in [2.05, 4.69) is 4.98 Å². The average molecular weight is 275 g/mol. The first kappa shape index (κ1) is 14.3. The smallest absolute Gasteiger partial charge is 0.262 e. The predicted molar refractivity (Wildman–Crippen MR) is 71.4 cm³/mol. The van der Waals surface area contributed by atoms with E-state index in [4.69, 9.17) is 5.73 Å². The van der Waals surface area contributed by atoms with Gasteiger partial charge in [0.15, 0.2) is 5.03 Å². The number of nitrogen functional groups attached to an aromatic ring is 1.